The van der Waals surface area contributed by atoms with Crippen molar-refractivity contribution in [1.29, 1.82) is 0 Å². The summed E-state index contributed by atoms with van der Waals surface area (Å²) >= 11 is 5.13. The highest BCUT2D eigenvalue weighted by Crippen LogP contribution is 2.32. The van der Waals surface area contributed by atoms with E-state index in [0.29, 0.717) is 32.7 Å². The van der Waals surface area contributed by atoms with Crippen molar-refractivity contribution in [1.82, 2.24) is 5.32 Å². The molecule has 0 aromatic carbocycles. The summed E-state index contributed by atoms with van der Waals surface area (Å²) in [6.45, 7) is 3.79. The molecule has 2 atom stereocenters. The monoisotopic (exact) mass is 286 g/mol. The molecule has 1 amide bonds. The average Bonchev–Trinajstić information content (AvgIpc) is 2.39. The Morgan fingerprint density at radius 2 is 2.05 bits per heavy atom. The molecular weight excluding hydrogens is 264 g/mol. The number of thiocarbonyl (C=S) groups is 1. The van der Waals surface area contributed by atoms with Crippen molar-refractivity contribution in [2.45, 2.75) is 44.8 Å². The van der Waals surface area contributed by atoms with Gasteiger partial charge in [-0.15, -0.1) is 0 Å². The molecule has 3 N–H and O–H groups in total. The number of hydrogen-bond acceptors (Lipinski definition) is 4. The standard InChI is InChI=1S/C13H22N2O3S/c1-9-8-10(2-5-18-9)15-12(16)13(11(14)19)3-6-17-7-4-13/h9-10H,2-8H2,1H3,(H2,14,19)(H,15,16). The van der Waals surface area contributed by atoms with Gasteiger partial charge in [-0.25, -0.2) is 0 Å². The van der Waals surface area contributed by atoms with E-state index in [-0.39, 0.29) is 23.0 Å². The maximum atomic E-state index is 12.6. The van der Waals surface area contributed by atoms with Crippen LogP contribution in [-0.4, -0.2) is 42.9 Å². The highest BCUT2D eigenvalue weighted by atomic mass is 32.1. The minimum atomic E-state index is -0.727. The molecule has 19 heavy (non-hydrogen) atoms. The second-order valence-electron chi connectivity index (χ2n) is 5.43. The molecular formula is C13H22N2O3S. The van der Waals surface area contributed by atoms with E-state index in [9.17, 15) is 4.79 Å². The van der Waals surface area contributed by atoms with Gasteiger partial charge in [-0.2, -0.15) is 0 Å². The molecule has 0 spiro atoms. The summed E-state index contributed by atoms with van der Waals surface area (Å²) in [5.41, 5.74) is 5.10. The first-order chi connectivity index (χ1) is 9.04. The lowest BCUT2D eigenvalue weighted by molar-refractivity contribution is -0.133. The number of carbonyl (C=O) groups excluding carboxylic acids is 1. The Kier molecular flexibility index (Phi) is 4.76. The topological polar surface area (TPSA) is 73.6 Å². The fourth-order valence-electron chi connectivity index (χ4n) is 2.76. The molecule has 2 aliphatic rings. The summed E-state index contributed by atoms with van der Waals surface area (Å²) < 4.78 is 10.8. The normalized spacial score (nSPS) is 30.6. The average molecular weight is 286 g/mol. The van der Waals surface area contributed by atoms with Gasteiger partial charge in [0.25, 0.3) is 0 Å². The van der Waals surface area contributed by atoms with Crippen LogP contribution in [0.25, 0.3) is 0 Å². The molecule has 0 saturated carbocycles. The Morgan fingerprint density at radius 3 is 2.63 bits per heavy atom. The molecule has 2 unspecified atom stereocenters. The van der Waals surface area contributed by atoms with Crippen LogP contribution in [0.2, 0.25) is 0 Å². The number of nitrogens with one attached hydrogen (secondary N) is 1. The molecule has 2 rings (SSSR count). The van der Waals surface area contributed by atoms with E-state index in [0.717, 1.165) is 12.8 Å². The van der Waals surface area contributed by atoms with Gasteiger partial charge in [-0.3, -0.25) is 4.79 Å². The molecule has 0 aromatic heterocycles. The van der Waals surface area contributed by atoms with E-state index >= 15 is 0 Å². The maximum absolute atomic E-state index is 12.6. The molecule has 108 valence electrons. The number of amides is 1. The van der Waals surface area contributed by atoms with Crippen LogP contribution in [0, 0.1) is 5.41 Å². The Bertz CT molecular complexity index is 356. The van der Waals surface area contributed by atoms with Crippen LogP contribution >= 0.6 is 12.2 Å². The van der Waals surface area contributed by atoms with Gasteiger partial charge in [0.15, 0.2) is 0 Å². The zero-order valence-electron chi connectivity index (χ0n) is 11.3. The highest BCUT2D eigenvalue weighted by Gasteiger charge is 2.43. The van der Waals surface area contributed by atoms with Crippen molar-refractivity contribution < 1.29 is 14.3 Å². The quantitative estimate of drug-likeness (QED) is 0.749. The lowest BCUT2D eigenvalue weighted by Crippen LogP contribution is -2.55. The fourth-order valence-corrected chi connectivity index (χ4v) is 3.05. The summed E-state index contributed by atoms with van der Waals surface area (Å²) in [5, 5.41) is 3.10. The van der Waals surface area contributed by atoms with E-state index in [4.69, 9.17) is 27.4 Å². The Hall–Kier alpha value is -0.720. The maximum Gasteiger partial charge on any atom is 0.233 e. The van der Waals surface area contributed by atoms with Crippen molar-refractivity contribution >= 4 is 23.1 Å². The van der Waals surface area contributed by atoms with E-state index in [1.54, 1.807) is 0 Å². The zero-order chi connectivity index (χ0) is 13.9. The van der Waals surface area contributed by atoms with Crippen LogP contribution in [0.3, 0.4) is 0 Å². The van der Waals surface area contributed by atoms with E-state index in [1.165, 1.54) is 0 Å². The Morgan fingerprint density at radius 1 is 1.37 bits per heavy atom. The molecule has 2 aliphatic heterocycles. The smallest absolute Gasteiger partial charge is 0.233 e. The third-order valence-electron chi connectivity index (χ3n) is 4.07. The van der Waals surface area contributed by atoms with Crippen LogP contribution in [0.4, 0.5) is 0 Å². The first-order valence-electron chi connectivity index (χ1n) is 6.85. The third kappa shape index (κ3) is 3.24. The third-order valence-corrected chi connectivity index (χ3v) is 4.46. The number of nitrogens with two attached hydrogens (primary N) is 1. The summed E-state index contributed by atoms with van der Waals surface area (Å²) in [6, 6.07) is 0.158. The summed E-state index contributed by atoms with van der Waals surface area (Å²) in [6.07, 6.45) is 3.03. The Balaban J connectivity index is 2.01. The molecule has 0 bridgehead atoms. The van der Waals surface area contributed by atoms with Crippen LogP contribution in [0.15, 0.2) is 0 Å². The molecule has 0 aromatic rings. The lowest BCUT2D eigenvalue weighted by Gasteiger charge is -2.37. The van der Waals surface area contributed by atoms with Gasteiger partial charge >= 0.3 is 0 Å². The van der Waals surface area contributed by atoms with Gasteiger partial charge in [0.1, 0.15) is 5.41 Å². The number of carbonyl (C=O) groups is 1. The molecule has 0 aliphatic carbocycles. The van der Waals surface area contributed by atoms with Crippen molar-refractivity contribution in [2.24, 2.45) is 11.1 Å². The van der Waals surface area contributed by atoms with Crippen LogP contribution < -0.4 is 11.1 Å². The van der Waals surface area contributed by atoms with Crippen molar-refractivity contribution in [2.75, 3.05) is 19.8 Å². The SMILES string of the molecule is CC1CC(NC(=O)C2(C(N)=S)CCOCC2)CCO1. The van der Waals surface area contributed by atoms with Crippen molar-refractivity contribution in [3.8, 4) is 0 Å². The largest absolute Gasteiger partial charge is 0.392 e. The number of rotatable bonds is 3. The first-order valence-corrected chi connectivity index (χ1v) is 7.25. The van der Waals surface area contributed by atoms with Gasteiger partial charge in [0.2, 0.25) is 5.91 Å². The molecule has 2 fully saturated rings. The molecule has 5 nitrogen and oxygen atoms in total. The summed E-state index contributed by atoms with van der Waals surface area (Å²) in [7, 11) is 0. The van der Waals surface area contributed by atoms with Crippen LogP contribution in [0.5, 0.6) is 0 Å². The van der Waals surface area contributed by atoms with Crippen molar-refractivity contribution in [3.05, 3.63) is 0 Å². The fraction of sp³-hybridized carbons (Fsp3) is 0.846. The van der Waals surface area contributed by atoms with Crippen LogP contribution in [-0.2, 0) is 14.3 Å². The van der Waals surface area contributed by atoms with Gasteiger partial charge < -0.3 is 20.5 Å². The minimum Gasteiger partial charge on any atom is -0.392 e. The second kappa shape index (κ2) is 6.15. The van der Waals surface area contributed by atoms with Gasteiger partial charge in [-0.05, 0) is 32.6 Å². The first kappa shape index (κ1) is 14.7. The summed E-state index contributed by atoms with van der Waals surface area (Å²) in [5.74, 6) is -0.0394. The van der Waals surface area contributed by atoms with E-state index in [1.807, 2.05) is 6.92 Å². The summed E-state index contributed by atoms with van der Waals surface area (Å²) in [4.78, 5) is 12.8. The molecule has 2 saturated heterocycles. The predicted molar refractivity (Wildman–Crippen MR) is 75.9 cm³/mol. The predicted octanol–water partition coefficient (Wildman–Crippen LogP) is 0.753. The zero-order valence-corrected chi connectivity index (χ0v) is 12.1. The molecule has 0 radical (unpaired) electrons. The highest BCUT2D eigenvalue weighted by molar-refractivity contribution is 7.80. The number of ether oxygens (including phenoxy) is 2. The van der Waals surface area contributed by atoms with E-state index in [2.05, 4.69) is 5.32 Å². The molecule has 6 heteroatoms. The van der Waals surface area contributed by atoms with Gasteiger partial charge in [0, 0.05) is 25.9 Å². The van der Waals surface area contributed by atoms with Crippen molar-refractivity contribution in [3.63, 3.8) is 0 Å². The molecule has 2 heterocycles. The minimum absolute atomic E-state index is 0.0394. The number of hydrogen-bond donors (Lipinski definition) is 2. The van der Waals surface area contributed by atoms with E-state index < -0.39 is 5.41 Å². The Labute approximate surface area is 119 Å². The van der Waals surface area contributed by atoms with Crippen LogP contribution in [0.1, 0.15) is 32.6 Å². The lowest BCUT2D eigenvalue weighted by atomic mass is 9.78. The van der Waals surface area contributed by atoms with Gasteiger partial charge in [0.05, 0.1) is 11.1 Å². The van der Waals surface area contributed by atoms with Gasteiger partial charge in [-0.1, -0.05) is 12.2 Å². The second-order valence-corrected chi connectivity index (χ2v) is 5.87.